The van der Waals surface area contributed by atoms with Crippen LogP contribution in [0.5, 0.6) is 5.75 Å². The smallest absolute Gasteiger partial charge is 0.349 e. The van der Waals surface area contributed by atoms with E-state index in [9.17, 15) is 14.7 Å². The Morgan fingerprint density at radius 3 is 2.65 bits per heavy atom. The molecule has 2 N–H and O–H groups in total. The van der Waals surface area contributed by atoms with Crippen molar-refractivity contribution in [3.05, 3.63) is 40.2 Å². The van der Waals surface area contributed by atoms with Crippen molar-refractivity contribution in [2.75, 3.05) is 6.61 Å². The molecular formula is C15H9ClO6S. The van der Waals surface area contributed by atoms with E-state index in [4.69, 9.17) is 25.9 Å². The SMILES string of the molecule is O=C(O)COc1c(C(=O)O)sc(-c2cc3ccccc3o2)c1Cl. The molecule has 0 aliphatic heterocycles. The number of para-hydroxylation sites is 1. The minimum atomic E-state index is -1.25. The van der Waals surface area contributed by atoms with Gasteiger partial charge in [-0.1, -0.05) is 29.8 Å². The van der Waals surface area contributed by atoms with Crippen LogP contribution in [0, 0.1) is 0 Å². The van der Waals surface area contributed by atoms with E-state index in [-0.39, 0.29) is 15.6 Å². The van der Waals surface area contributed by atoms with Crippen molar-refractivity contribution in [1.82, 2.24) is 0 Å². The second-order valence-electron chi connectivity index (χ2n) is 4.54. The molecule has 23 heavy (non-hydrogen) atoms. The van der Waals surface area contributed by atoms with Crippen LogP contribution in [0.25, 0.3) is 21.6 Å². The molecule has 0 spiro atoms. The van der Waals surface area contributed by atoms with Crippen molar-refractivity contribution >= 4 is 45.8 Å². The highest BCUT2D eigenvalue weighted by atomic mass is 35.5. The topological polar surface area (TPSA) is 97.0 Å². The molecule has 118 valence electrons. The lowest BCUT2D eigenvalue weighted by Crippen LogP contribution is -2.10. The Kier molecular flexibility index (Phi) is 3.97. The van der Waals surface area contributed by atoms with Gasteiger partial charge in [0.25, 0.3) is 0 Å². The average molecular weight is 353 g/mol. The molecular weight excluding hydrogens is 344 g/mol. The van der Waals surface area contributed by atoms with E-state index < -0.39 is 18.5 Å². The number of thiophene rings is 1. The molecule has 0 saturated heterocycles. The first kappa shape index (κ1) is 15.4. The Hall–Kier alpha value is -2.51. The maximum absolute atomic E-state index is 11.3. The summed E-state index contributed by atoms with van der Waals surface area (Å²) < 4.78 is 10.7. The summed E-state index contributed by atoms with van der Waals surface area (Å²) in [5.41, 5.74) is 0.636. The van der Waals surface area contributed by atoms with E-state index >= 15 is 0 Å². The van der Waals surface area contributed by atoms with Crippen molar-refractivity contribution in [2.45, 2.75) is 0 Å². The van der Waals surface area contributed by atoms with E-state index in [0.29, 0.717) is 16.2 Å². The predicted octanol–water partition coefficient (Wildman–Crippen LogP) is 3.98. The molecule has 0 atom stereocenters. The zero-order valence-electron chi connectivity index (χ0n) is 11.4. The first-order chi connectivity index (χ1) is 11.0. The van der Waals surface area contributed by atoms with Gasteiger partial charge in [-0.15, -0.1) is 11.3 Å². The Bertz CT molecular complexity index is 877. The number of fused-ring (bicyclic) bond motifs is 1. The summed E-state index contributed by atoms with van der Waals surface area (Å²) in [6.07, 6.45) is 0. The van der Waals surface area contributed by atoms with Gasteiger partial charge in [0, 0.05) is 5.39 Å². The highest BCUT2D eigenvalue weighted by molar-refractivity contribution is 7.18. The number of aromatic carboxylic acids is 1. The number of furan rings is 1. The van der Waals surface area contributed by atoms with Gasteiger partial charge in [0.1, 0.15) is 16.4 Å². The fourth-order valence-electron chi connectivity index (χ4n) is 2.05. The molecule has 0 fully saturated rings. The molecule has 1 aromatic carbocycles. The molecule has 0 aliphatic carbocycles. The third-order valence-electron chi connectivity index (χ3n) is 2.99. The minimum Gasteiger partial charge on any atom is -0.479 e. The molecule has 0 radical (unpaired) electrons. The first-order valence-electron chi connectivity index (χ1n) is 6.36. The zero-order chi connectivity index (χ0) is 16.6. The summed E-state index contributed by atoms with van der Waals surface area (Å²) in [5.74, 6) is -2.25. The van der Waals surface area contributed by atoms with Gasteiger partial charge in [-0.3, -0.25) is 0 Å². The summed E-state index contributed by atoms with van der Waals surface area (Å²) in [4.78, 5) is 22.2. The second-order valence-corrected chi connectivity index (χ2v) is 5.94. The largest absolute Gasteiger partial charge is 0.479 e. The summed E-state index contributed by atoms with van der Waals surface area (Å²) in [7, 11) is 0. The van der Waals surface area contributed by atoms with Gasteiger partial charge in [-0.05, 0) is 12.1 Å². The van der Waals surface area contributed by atoms with Crippen LogP contribution in [0.4, 0.5) is 0 Å². The molecule has 3 rings (SSSR count). The van der Waals surface area contributed by atoms with Crippen LogP contribution in [0.2, 0.25) is 5.02 Å². The normalized spacial score (nSPS) is 10.8. The average Bonchev–Trinajstić information content (AvgIpc) is 3.05. The lowest BCUT2D eigenvalue weighted by molar-refractivity contribution is -0.139. The Morgan fingerprint density at radius 2 is 2.00 bits per heavy atom. The molecule has 2 aromatic heterocycles. The Labute approximate surface area is 138 Å². The molecule has 6 nitrogen and oxygen atoms in total. The molecule has 0 bridgehead atoms. The lowest BCUT2D eigenvalue weighted by atomic mass is 10.2. The summed E-state index contributed by atoms with van der Waals surface area (Å²) in [6, 6.07) is 9.03. The van der Waals surface area contributed by atoms with E-state index in [1.54, 1.807) is 12.1 Å². The van der Waals surface area contributed by atoms with E-state index in [1.165, 1.54) is 0 Å². The van der Waals surface area contributed by atoms with Crippen LogP contribution in [0.15, 0.2) is 34.7 Å². The lowest BCUT2D eigenvalue weighted by Gasteiger charge is -2.02. The molecule has 8 heteroatoms. The van der Waals surface area contributed by atoms with Crippen molar-refractivity contribution in [1.29, 1.82) is 0 Å². The van der Waals surface area contributed by atoms with Gasteiger partial charge >= 0.3 is 11.9 Å². The van der Waals surface area contributed by atoms with Crippen LogP contribution in [0.3, 0.4) is 0 Å². The minimum absolute atomic E-state index is 0.0210. The monoisotopic (exact) mass is 352 g/mol. The number of halogens is 1. The van der Waals surface area contributed by atoms with E-state index in [0.717, 1.165) is 16.7 Å². The standard InChI is InChI=1S/C15H9ClO6S/c16-11-12(21-6-10(17)18)14(15(19)20)23-13(11)9-5-7-3-1-2-4-8(7)22-9/h1-5H,6H2,(H,17,18)(H,19,20). The van der Waals surface area contributed by atoms with Gasteiger partial charge in [-0.25, -0.2) is 9.59 Å². The van der Waals surface area contributed by atoms with E-state index in [1.807, 2.05) is 18.2 Å². The Balaban J connectivity index is 2.10. The fraction of sp³-hybridized carbons (Fsp3) is 0.0667. The van der Waals surface area contributed by atoms with Gasteiger partial charge in [0.15, 0.2) is 17.2 Å². The molecule has 0 saturated carbocycles. The van der Waals surface area contributed by atoms with Crippen LogP contribution >= 0.6 is 22.9 Å². The zero-order valence-corrected chi connectivity index (χ0v) is 13.0. The third-order valence-corrected chi connectivity index (χ3v) is 4.64. The number of carboxylic acid groups (broad SMARTS) is 2. The first-order valence-corrected chi connectivity index (χ1v) is 7.56. The fourth-order valence-corrected chi connectivity index (χ4v) is 3.39. The molecule has 2 heterocycles. The van der Waals surface area contributed by atoms with Crippen LogP contribution in [-0.4, -0.2) is 28.8 Å². The maximum Gasteiger partial charge on any atom is 0.349 e. The number of carbonyl (C=O) groups is 2. The number of carboxylic acids is 2. The molecule has 0 amide bonds. The maximum atomic E-state index is 11.3. The second kappa shape index (κ2) is 5.94. The van der Waals surface area contributed by atoms with Gasteiger partial charge < -0.3 is 19.4 Å². The predicted molar refractivity (Wildman–Crippen MR) is 84.6 cm³/mol. The van der Waals surface area contributed by atoms with Crippen LogP contribution in [-0.2, 0) is 4.79 Å². The number of ether oxygens (including phenoxy) is 1. The molecule has 0 unspecified atom stereocenters. The highest BCUT2D eigenvalue weighted by Crippen LogP contribution is 2.46. The van der Waals surface area contributed by atoms with Gasteiger partial charge in [0.05, 0.1) is 4.88 Å². The highest BCUT2D eigenvalue weighted by Gasteiger charge is 2.26. The molecule has 0 aliphatic rings. The number of hydrogen-bond donors (Lipinski definition) is 2. The van der Waals surface area contributed by atoms with Crippen molar-refractivity contribution in [3.8, 4) is 16.4 Å². The number of aliphatic carboxylic acids is 1. The molecule has 3 aromatic rings. The van der Waals surface area contributed by atoms with Crippen molar-refractivity contribution in [2.24, 2.45) is 0 Å². The summed E-state index contributed by atoms with van der Waals surface area (Å²) in [5, 5.41) is 18.8. The van der Waals surface area contributed by atoms with Crippen molar-refractivity contribution < 1.29 is 29.0 Å². The number of benzene rings is 1. The summed E-state index contributed by atoms with van der Waals surface area (Å²) >= 11 is 7.06. The van der Waals surface area contributed by atoms with E-state index in [2.05, 4.69) is 0 Å². The number of rotatable bonds is 5. The van der Waals surface area contributed by atoms with Gasteiger partial charge in [-0.2, -0.15) is 0 Å². The van der Waals surface area contributed by atoms with Crippen LogP contribution < -0.4 is 4.74 Å². The third kappa shape index (κ3) is 2.88. The summed E-state index contributed by atoms with van der Waals surface area (Å²) in [6.45, 7) is -0.684. The van der Waals surface area contributed by atoms with Crippen LogP contribution in [0.1, 0.15) is 9.67 Å². The van der Waals surface area contributed by atoms with Crippen molar-refractivity contribution in [3.63, 3.8) is 0 Å². The quantitative estimate of drug-likeness (QED) is 0.721. The Morgan fingerprint density at radius 1 is 1.26 bits per heavy atom. The number of hydrogen-bond acceptors (Lipinski definition) is 5. The van der Waals surface area contributed by atoms with Gasteiger partial charge in [0.2, 0.25) is 0 Å².